The van der Waals surface area contributed by atoms with E-state index in [4.69, 9.17) is 5.11 Å². The molecule has 0 spiro atoms. The van der Waals surface area contributed by atoms with Gasteiger partial charge in [-0.05, 0) is 51.0 Å². The van der Waals surface area contributed by atoms with E-state index >= 15 is 0 Å². The highest BCUT2D eigenvalue weighted by Gasteiger charge is 2.35. The summed E-state index contributed by atoms with van der Waals surface area (Å²) in [4.78, 5) is 23.3. The van der Waals surface area contributed by atoms with Crippen molar-refractivity contribution < 1.29 is 14.7 Å². The number of benzene rings is 1. The highest BCUT2D eigenvalue weighted by Crippen LogP contribution is 2.35. The van der Waals surface area contributed by atoms with E-state index in [1.807, 2.05) is 30.3 Å². The summed E-state index contributed by atoms with van der Waals surface area (Å²) < 4.78 is 0. The van der Waals surface area contributed by atoms with Gasteiger partial charge < -0.3 is 15.7 Å². The topological polar surface area (TPSA) is 78.4 Å². The second-order valence-corrected chi connectivity index (χ2v) is 7.27. The van der Waals surface area contributed by atoms with Gasteiger partial charge in [0.25, 0.3) is 0 Å². The van der Waals surface area contributed by atoms with Crippen molar-refractivity contribution in [2.75, 3.05) is 0 Å². The fourth-order valence-corrected chi connectivity index (χ4v) is 3.17. The highest BCUT2D eigenvalue weighted by molar-refractivity contribution is 5.75. The maximum absolute atomic E-state index is 12.4. The zero-order valence-electron chi connectivity index (χ0n) is 14.5. The molecule has 1 atom stereocenters. The van der Waals surface area contributed by atoms with Crippen molar-refractivity contribution in [3.63, 3.8) is 0 Å². The third kappa shape index (κ3) is 5.55. The predicted molar refractivity (Wildman–Crippen MR) is 93.9 cm³/mol. The Morgan fingerprint density at radius 3 is 2.46 bits per heavy atom. The number of carboxylic acid groups (broad SMARTS) is 1. The van der Waals surface area contributed by atoms with Crippen LogP contribution in [0.15, 0.2) is 30.3 Å². The first kappa shape index (κ1) is 18.3. The van der Waals surface area contributed by atoms with Crippen molar-refractivity contribution in [3.8, 4) is 0 Å². The van der Waals surface area contributed by atoms with E-state index in [0.29, 0.717) is 18.8 Å². The van der Waals surface area contributed by atoms with E-state index in [2.05, 4.69) is 24.5 Å². The molecule has 0 aliphatic heterocycles. The lowest BCUT2D eigenvalue weighted by Crippen LogP contribution is -2.56. The first-order chi connectivity index (χ1) is 11.4. The third-order valence-corrected chi connectivity index (χ3v) is 4.93. The summed E-state index contributed by atoms with van der Waals surface area (Å²) in [6.07, 6.45) is 4.63. The van der Waals surface area contributed by atoms with Crippen LogP contribution in [0.2, 0.25) is 0 Å². The number of rotatable bonds is 8. The number of hydrogen-bond donors (Lipinski definition) is 3. The van der Waals surface area contributed by atoms with E-state index in [0.717, 1.165) is 18.4 Å². The van der Waals surface area contributed by atoms with Gasteiger partial charge in [-0.25, -0.2) is 4.79 Å². The van der Waals surface area contributed by atoms with Gasteiger partial charge in [-0.2, -0.15) is 0 Å². The van der Waals surface area contributed by atoms with Crippen LogP contribution in [0.1, 0.15) is 51.5 Å². The average Bonchev–Trinajstić information content (AvgIpc) is 2.42. The fraction of sp³-hybridized carbons (Fsp3) is 0.579. The van der Waals surface area contributed by atoms with Crippen LogP contribution >= 0.6 is 0 Å². The van der Waals surface area contributed by atoms with Crippen LogP contribution in [0.25, 0.3) is 0 Å². The molecule has 0 radical (unpaired) electrons. The second-order valence-electron chi connectivity index (χ2n) is 7.27. The molecule has 2 amide bonds. The minimum Gasteiger partial charge on any atom is -0.481 e. The molecule has 0 bridgehead atoms. The molecule has 0 heterocycles. The summed E-state index contributed by atoms with van der Waals surface area (Å²) in [7, 11) is 0. The molecular weight excluding hydrogens is 304 g/mol. The van der Waals surface area contributed by atoms with Crippen LogP contribution in [0, 0.1) is 5.92 Å². The van der Waals surface area contributed by atoms with Crippen LogP contribution in [0.5, 0.6) is 0 Å². The number of aliphatic carboxylic acids is 1. The summed E-state index contributed by atoms with van der Waals surface area (Å²) in [6, 6.07) is 9.42. The van der Waals surface area contributed by atoms with E-state index in [9.17, 15) is 9.59 Å². The van der Waals surface area contributed by atoms with Gasteiger partial charge in [-0.15, -0.1) is 0 Å². The van der Waals surface area contributed by atoms with Crippen LogP contribution < -0.4 is 10.6 Å². The predicted octanol–water partition coefficient (Wildman–Crippen LogP) is 3.34. The van der Waals surface area contributed by atoms with Crippen LogP contribution in [0.3, 0.4) is 0 Å². The molecule has 2 rings (SSSR count). The molecular formula is C19H28N2O3. The quantitative estimate of drug-likeness (QED) is 0.683. The Hall–Kier alpha value is -2.04. The van der Waals surface area contributed by atoms with Crippen molar-refractivity contribution in [1.82, 2.24) is 10.6 Å². The first-order valence-electron chi connectivity index (χ1n) is 8.71. The Morgan fingerprint density at radius 2 is 1.92 bits per heavy atom. The largest absolute Gasteiger partial charge is 0.481 e. The Bertz CT molecular complexity index is 553. The van der Waals surface area contributed by atoms with Gasteiger partial charge in [0.1, 0.15) is 0 Å². The monoisotopic (exact) mass is 332 g/mol. The molecule has 1 saturated carbocycles. The van der Waals surface area contributed by atoms with Crippen molar-refractivity contribution in [2.24, 2.45) is 5.92 Å². The SMILES string of the molecule is CC(C)(NC(=O)NC(CCC(=O)O)Cc1ccccc1)C1CCC1. The molecule has 1 aromatic carbocycles. The molecule has 1 unspecified atom stereocenters. The van der Waals surface area contributed by atoms with Gasteiger partial charge in [-0.3, -0.25) is 4.79 Å². The lowest BCUT2D eigenvalue weighted by molar-refractivity contribution is -0.137. The van der Waals surface area contributed by atoms with Crippen LogP contribution in [-0.4, -0.2) is 28.7 Å². The molecule has 132 valence electrons. The smallest absolute Gasteiger partial charge is 0.315 e. The van der Waals surface area contributed by atoms with Crippen LogP contribution in [0.4, 0.5) is 4.79 Å². The number of carboxylic acids is 1. The first-order valence-corrected chi connectivity index (χ1v) is 8.71. The van der Waals surface area contributed by atoms with Crippen molar-refractivity contribution in [2.45, 2.75) is 64.0 Å². The maximum atomic E-state index is 12.4. The normalized spacial score (nSPS) is 16.1. The summed E-state index contributed by atoms with van der Waals surface area (Å²) >= 11 is 0. The number of carbonyl (C=O) groups is 2. The molecule has 3 N–H and O–H groups in total. The molecule has 5 nitrogen and oxygen atoms in total. The number of urea groups is 1. The highest BCUT2D eigenvalue weighted by atomic mass is 16.4. The lowest BCUT2D eigenvalue weighted by Gasteiger charge is -2.41. The van der Waals surface area contributed by atoms with Gasteiger partial charge in [0, 0.05) is 18.0 Å². The number of carbonyl (C=O) groups excluding carboxylic acids is 1. The molecule has 1 aliphatic carbocycles. The number of nitrogens with one attached hydrogen (secondary N) is 2. The van der Waals surface area contributed by atoms with E-state index in [1.165, 1.54) is 6.42 Å². The van der Waals surface area contributed by atoms with Crippen molar-refractivity contribution in [3.05, 3.63) is 35.9 Å². The van der Waals surface area contributed by atoms with Crippen LogP contribution in [-0.2, 0) is 11.2 Å². The maximum Gasteiger partial charge on any atom is 0.315 e. The van der Waals surface area contributed by atoms with Gasteiger partial charge in [0.05, 0.1) is 0 Å². The Balaban J connectivity index is 1.92. The Morgan fingerprint density at radius 1 is 1.25 bits per heavy atom. The molecule has 1 aromatic rings. The number of amides is 2. The van der Waals surface area contributed by atoms with Gasteiger partial charge in [-0.1, -0.05) is 36.8 Å². The van der Waals surface area contributed by atoms with E-state index < -0.39 is 5.97 Å². The third-order valence-electron chi connectivity index (χ3n) is 4.93. The fourth-order valence-electron chi connectivity index (χ4n) is 3.17. The summed E-state index contributed by atoms with van der Waals surface area (Å²) in [5, 5.41) is 15.0. The number of hydrogen-bond acceptors (Lipinski definition) is 2. The van der Waals surface area contributed by atoms with Crippen molar-refractivity contribution >= 4 is 12.0 Å². The van der Waals surface area contributed by atoms with Gasteiger partial charge >= 0.3 is 12.0 Å². The van der Waals surface area contributed by atoms with Crippen molar-refractivity contribution in [1.29, 1.82) is 0 Å². The zero-order valence-corrected chi connectivity index (χ0v) is 14.5. The molecule has 0 saturated heterocycles. The summed E-state index contributed by atoms with van der Waals surface area (Å²) in [5.41, 5.74) is 0.860. The minimum absolute atomic E-state index is 0.0454. The van der Waals surface area contributed by atoms with Gasteiger partial charge in [0.15, 0.2) is 0 Å². The second kappa shape index (κ2) is 8.18. The minimum atomic E-state index is -0.843. The molecule has 1 fully saturated rings. The lowest BCUT2D eigenvalue weighted by atomic mass is 9.73. The Labute approximate surface area is 143 Å². The van der Waals surface area contributed by atoms with E-state index in [-0.39, 0.29) is 24.0 Å². The molecule has 1 aliphatic rings. The molecule has 24 heavy (non-hydrogen) atoms. The Kier molecular flexibility index (Phi) is 6.23. The summed E-state index contributed by atoms with van der Waals surface area (Å²) in [5.74, 6) is -0.320. The summed E-state index contributed by atoms with van der Waals surface area (Å²) in [6.45, 7) is 4.11. The zero-order chi connectivity index (χ0) is 17.6. The van der Waals surface area contributed by atoms with Gasteiger partial charge in [0.2, 0.25) is 0 Å². The molecule has 0 aromatic heterocycles. The molecule has 5 heteroatoms. The average molecular weight is 332 g/mol. The van der Waals surface area contributed by atoms with E-state index in [1.54, 1.807) is 0 Å². The standard InChI is InChI=1S/C19H28N2O3/c1-19(2,15-9-6-10-15)21-18(24)20-16(11-12-17(22)23)13-14-7-4-3-5-8-14/h3-5,7-8,15-16H,6,9-13H2,1-2H3,(H,22,23)(H2,20,21,24).